The van der Waals surface area contributed by atoms with Gasteiger partial charge in [-0.3, -0.25) is 4.79 Å². The first-order valence-corrected chi connectivity index (χ1v) is 4.36. The number of carboxylic acid groups (broad SMARTS) is 1. The number of ether oxygens (including phenoxy) is 1. The van der Waals surface area contributed by atoms with Crippen LogP contribution >= 0.6 is 0 Å². The summed E-state index contributed by atoms with van der Waals surface area (Å²) in [5.74, 6) is 4.89. The Kier molecular flexibility index (Phi) is 3.69. The Morgan fingerprint density at radius 2 is 2.33 bits per heavy atom. The van der Waals surface area contributed by atoms with Gasteiger partial charge in [0.05, 0.1) is 12.8 Å². The molecule has 0 radical (unpaired) electrons. The maximum Gasteiger partial charge on any atom is 0.315 e. The molecule has 0 spiro atoms. The van der Waals surface area contributed by atoms with E-state index in [1.165, 1.54) is 7.11 Å². The lowest BCUT2D eigenvalue weighted by atomic mass is 10.2. The summed E-state index contributed by atoms with van der Waals surface area (Å²) in [6, 6.07) is 3.45. The normalized spacial score (nSPS) is 8.93. The van der Waals surface area contributed by atoms with Crippen molar-refractivity contribution in [2.75, 3.05) is 7.11 Å². The van der Waals surface area contributed by atoms with Crippen LogP contribution in [0.4, 0.5) is 0 Å². The zero-order valence-electron chi connectivity index (χ0n) is 8.57. The van der Waals surface area contributed by atoms with Crippen LogP contribution in [0.5, 0.6) is 5.88 Å². The summed E-state index contributed by atoms with van der Waals surface area (Å²) in [6.07, 6.45) is -0.161. The van der Waals surface area contributed by atoms with Crippen molar-refractivity contribution in [3.8, 4) is 17.7 Å². The Labute approximate surface area is 87.9 Å². The molecule has 0 saturated carbocycles. The van der Waals surface area contributed by atoms with Crippen LogP contribution < -0.4 is 4.74 Å². The van der Waals surface area contributed by atoms with E-state index in [9.17, 15) is 4.79 Å². The average molecular weight is 205 g/mol. The quantitative estimate of drug-likeness (QED) is 0.737. The molecule has 0 fully saturated rings. The fraction of sp³-hybridized carbons (Fsp3) is 0.273. The van der Waals surface area contributed by atoms with Crippen LogP contribution in [-0.4, -0.2) is 23.2 Å². The SMILES string of the molecule is COc1ccc(C#CCC(=O)O)c(C)n1. The van der Waals surface area contributed by atoms with E-state index >= 15 is 0 Å². The minimum absolute atomic E-state index is 0.161. The smallest absolute Gasteiger partial charge is 0.315 e. The molecule has 0 amide bonds. The molecule has 1 aromatic heterocycles. The van der Waals surface area contributed by atoms with Gasteiger partial charge in [0.25, 0.3) is 0 Å². The number of hydrogen-bond donors (Lipinski definition) is 1. The van der Waals surface area contributed by atoms with Gasteiger partial charge in [-0.25, -0.2) is 4.98 Å². The van der Waals surface area contributed by atoms with Gasteiger partial charge in [0.15, 0.2) is 0 Å². The summed E-state index contributed by atoms with van der Waals surface area (Å²) in [5, 5.41) is 8.40. The number of methoxy groups -OCH3 is 1. The maximum absolute atomic E-state index is 10.2. The predicted molar refractivity (Wildman–Crippen MR) is 54.7 cm³/mol. The topological polar surface area (TPSA) is 59.4 Å². The monoisotopic (exact) mass is 205 g/mol. The number of hydrogen-bond acceptors (Lipinski definition) is 3. The van der Waals surface area contributed by atoms with Crippen LogP contribution in [0.15, 0.2) is 12.1 Å². The minimum Gasteiger partial charge on any atom is -0.481 e. The molecule has 0 saturated heterocycles. The van der Waals surface area contributed by atoms with E-state index in [4.69, 9.17) is 9.84 Å². The molecule has 0 bridgehead atoms. The lowest BCUT2D eigenvalue weighted by Gasteiger charge is -2.00. The second-order valence-electron chi connectivity index (χ2n) is 2.86. The number of aliphatic carboxylic acids is 1. The molecule has 1 N–H and O–H groups in total. The van der Waals surface area contributed by atoms with Gasteiger partial charge in [0.2, 0.25) is 5.88 Å². The number of carbonyl (C=O) groups is 1. The molecule has 1 aromatic rings. The molecular weight excluding hydrogens is 194 g/mol. The molecule has 0 aromatic carbocycles. The highest BCUT2D eigenvalue weighted by atomic mass is 16.5. The van der Waals surface area contributed by atoms with Crippen LogP contribution in [0, 0.1) is 18.8 Å². The van der Waals surface area contributed by atoms with Crippen molar-refractivity contribution in [2.45, 2.75) is 13.3 Å². The number of aromatic nitrogens is 1. The second kappa shape index (κ2) is 5.01. The molecule has 0 atom stereocenters. The molecule has 4 heteroatoms. The molecule has 0 aliphatic carbocycles. The molecule has 78 valence electrons. The summed E-state index contributed by atoms with van der Waals surface area (Å²) in [6.45, 7) is 1.80. The number of aryl methyl sites for hydroxylation is 1. The highest BCUT2D eigenvalue weighted by molar-refractivity contribution is 5.70. The van der Waals surface area contributed by atoms with Gasteiger partial charge in [-0.1, -0.05) is 11.8 Å². The molecular formula is C11H11NO3. The van der Waals surface area contributed by atoms with E-state index in [1.807, 2.05) is 0 Å². The third-order valence-electron chi connectivity index (χ3n) is 1.73. The summed E-state index contributed by atoms with van der Waals surface area (Å²) in [5.41, 5.74) is 1.45. The average Bonchev–Trinajstić information content (AvgIpc) is 2.20. The summed E-state index contributed by atoms with van der Waals surface area (Å²) < 4.78 is 4.94. The van der Waals surface area contributed by atoms with Gasteiger partial charge in [-0.15, -0.1) is 0 Å². The van der Waals surface area contributed by atoms with Crippen LogP contribution in [0.25, 0.3) is 0 Å². The van der Waals surface area contributed by atoms with Crippen molar-refractivity contribution in [3.63, 3.8) is 0 Å². The Morgan fingerprint density at radius 1 is 1.60 bits per heavy atom. The molecule has 0 unspecified atom stereocenters. The molecule has 1 rings (SSSR count). The van der Waals surface area contributed by atoms with Crippen LogP contribution in [-0.2, 0) is 4.79 Å². The first kappa shape index (κ1) is 11.1. The van der Waals surface area contributed by atoms with E-state index in [1.54, 1.807) is 19.1 Å². The van der Waals surface area contributed by atoms with Crippen LogP contribution in [0.1, 0.15) is 17.7 Å². The lowest BCUT2D eigenvalue weighted by molar-refractivity contribution is -0.135. The van der Waals surface area contributed by atoms with Crippen molar-refractivity contribution < 1.29 is 14.6 Å². The molecule has 4 nitrogen and oxygen atoms in total. The summed E-state index contributed by atoms with van der Waals surface area (Å²) >= 11 is 0. The van der Waals surface area contributed by atoms with E-state index in [0.29, 0.717) is 5.88 Å². The van der Waals surface area contributed by atoms with Crippen LogP contribution in [0.3, 0.4) is 0 Å². The number of carboxylic acids is 1. The third kappa shape index (κ3) is 3.31. The van der Waals surface area contributed by atoms with E-state index in [2.05, 4.69) is 16.8 Å². The lowest BCUT2D eigenvalue weighted by Crippen LogP contribution is -1.93. The number of rotatable bonds is 2. The fourth-order valence-electron chi connectivity index (χ4n) is 0.999. The Bertz CT molecular complexity index is 429. The van der Waals surface area contributed by atoms with Gasteiger partial charge in [0, 0.05) is 11.6 Å². The van der Waals surface area contributed by atoms with Gasteiger partial charge in [0.1, 0.15) is 6.42 Å². The Balaban J connectivity index is 2.85. The van der Waals surface area contributed by atoms with Crippen molar-refractivity contribution in [1.29, 1.82) is 0 Å². The highest BCUT2D eigenvalue weighted by Crippen LogP contribution is 2.10. The van der Waals surface area contributed by atoms with Crippen molar-refractivity contribution in [2.24, 2.45) is 0 Å². The first-order valence-electron chi connectivity index (χ1n) is 4.36. The molecule has 0 aliphatic heterocycles. The third-order valence-corrected chi connectivity index (χ3v) is 1.73. The van der Waals surface area contributed by atoms with Crippen molar-refractivity contribution in [1.82, 2.24) is 4.98 Å². The Hall–Kier alpha value is -2.02. The molecule has 1 heterocycles. The number of pyridine rings is 1. The van der Waals surface area contributed by atoms with Crippen LogP contribution in [0.2, 0.25) is 0 Å². The summed E-state index contributed by atoms with van der Waals surface area (Å²) in [7, 11) is 1.54. The molecule has 15 heavy (non-hydrogen) atoms. The van der Waals surface area contributed by atoms with Gasteiger partial charge in [-0.2, -0.15) is 0 Å². The van der Waals surface area contributed by atoms with E-state index in [0.717, 1.165) is 11.3 Å². The van der Waals surface area contributed by atoms with E-state index < -0.39 is 5.97 Å². The van der Waals surface area contributed by atoms with Crippen molar-refractivity contribution in [3.05, 3.63) is 23.4 Å². The maximum atomic E-state index is 10.2. The standard InChI is InChI=1S/C11H11NO3/c1-8-9(4-3-5-11(13)14)6-7-10(12-8)15-2/h6-7H,5H2,1-2H3,(H,13,14). The predicted octanol–water partition coefficient (Wildman–Crippen LogP) is 1.22. The zero-order chi connectivity index (χ0) is 11.3. The first-order chi connectivity index (χ1) is 7.13. The second-order valence-corrected chi connectivity index (χ2v) is 2.86. The molecule has 0 aliphatic rings. The largest absolute Gasteiger partial charge is 0.481 e. The van der Waals surface area contributed by atoms with Gasteiger partial charge < -0.3 is 9.84 Å². The highest BCUT2D eigenvalue weighted by Gasteiger charge is 1.98. The van der Waals surface area contributed by atoms with E-state index in [-0.39, 0.29) is 6.42 Å². The zero-order valence-corrected chi connectivity index (χ0v) is 8.57. The van der Waals surface area contributed by atoms with Gasteiger partial charge in [-0.05, 0) is 13.0 Å². The Morgan fingerprint density at radius 3 is 2.87 bits per heavy atom. The van der Waals surface area contributed by atoms with Crippen molar-refractivity contribution >= 4 is 5.97 Å². The summed E-state index contributed by atoms with van der Waals surface area (Å²) in [4.78, 5) is 14.4. The number of nitrogens with zero attached hydrogens (tertiary/aromatic N) is 1. The minimum atomic E-state index is -0.929. The van der Waals surface area contributed by atoms with Gasteiger partial charge >= 0.3 is 5.97 Å². The fourth-order valence-corrected chi connectivity index (χ4v) is 0.999.